The molecular weight excluding hydrogens is 514 g/mol. The molecule has 0 amide bonds. The number of hydrogen-bond donors (Lipinski definition) is 1. The van der Waals surface area contributed by atoms with Gasteiger partial charge in [0.05, 0.1) is 27.4 Å². The van der Waals surface area contributed by atoms with E-state index < -0.39 is 10.0 Å². The van der Waals surface area contributed by atoms with Crippen molar-refractivity contribution in [2.24, 2.45) is 0 Å². The normalized spacial score (nSPS) is 11.4. The average molecular weight is 544 g/mol. The van der Waals surface area contributed by atoms with Gasteiger partial charge in [-0.1, -0.05) is 0 Å². The van der Waals surface area contributed by atoms with Crippen LogP contribution in [0.5, 0.6) is 28.9 Å². The average Bonchev–Trinajstić information content (AvgIpc) is 3.35. The van der Waals surface area contributed by atoms with Crippen LogP contribution < -0.4 is 28.4 Å². The summed E-state index contributed by atoms with van der Waals surface area (Å²) in [6, 6.07) is 13.4. The van der Waals surface area contributed by atoms with Crippen molar-refractivity contribution in [3.8, 4) is 40.3 Å². The van der Waals surface area contributed by atoms with Crippen molar-refractivity contribution in [2.45, 2.75) is 18.7 Å². The van der Waals surface area contributed by atoms with Crippen LogP contribution in [0, 0.1) is 0 Å². The molecule has 1 N–H and O–H groups in total. The predicted octanol–water partition coefficient (Wildman–Crippen LogP) is 2.96. The fourth-order valence-electron chi connectivity index (χ4n) is 3.64. The molecule has 0 spiro atoms. The highest BCUT2D eigenvalue weighted by Gasteiger charge is 2.21. The van der Waals surface area contributed by atoms with Crippen LogP contribution >= 0.6 is 0 Å². The molecule has 2 aromatic heterocycles. The summed E-state index contributed by atoms with van der Waals surface area (Å²) >= 11 is 0. The minimum atomic E-state index is -3.89. The quantitative estimate of drug-likeness (QED) is 0.251. The third-order valence-corrected chi connectivity index (χ3v) is 6.82. The zero-order valence-electron chi connectivity index (χ0n) is 21.5. The van der Waals surface area contributed by atoms with Gasteiger partial charge in [0.15, 0.2) is 23.0 Å². The van der Waals surface area contributed by atoms with E-state index in [9.17, 15) is 8.42 Å². The Morgan fingerprint density at radius 2 is 1.61 bits per heavy atom. The summed E-state index contributed by atoms with van der Waals surface area (Å²) in [5, 5.41) is 12.8. The van der Waals surface area contributed by atoms with Crippen molar-refractivity contribution in [1.29, 1.82) is 0 Å². The number of hydrogen-bond acceptors (Lipinski definition) is 10. The Balaban J connectivity index is 1.46. The van der Waals surface area contributed by atoms with Gasteiger partial charge in [-0.15, -0.1) is 15.3 Å². The first-order valence-corrected chi connectivity index (χ1v) is 13.4. The molecule has 12 nitrogen and oxygen atoms in total. The molecule has 0 fully saturated rings. The minimum Gasteiger partial charge on any atom is -0.494 e. The maximum Gasteiger partial charge on any atom is 0.244 e. The van der Waals surface area contributed by atoms with Gasteiger partial charge in [-0.2, -0.15) is 4.52 Å². The van der Waals surface area contributed by atoms with Gasteiger partial charge in [0.2, 0.25) is 15.9 Å². The monoisotopic (exact) mass is 543 g/mol. The molecule has 0 unspecified atom stereocenters. The standard InChI is InChI=1S/C25H29N5O7S/c1-5-35-18-8-10-20(36-6-2)22(16-18)38(31,32)26-13-14-37-24-12-11-23-27-28-25(30(23)29-24)17-7-9-19(33-3)21(15-17)34-4/h7-12,15-16,26H,5-6,13-14H2,1-4H3. The molecule has 2 heterocycles. The number of sulfonamides is 1. The predicted molar refractivity (Wildman–Crippen MR) is 139 cm³/mol. The van der Waals surface area contributed by atoms with Gasteiger partial charge >= 0.3 is 0 Å². The maximum atomic E-state index is 13.0. The van der Waals surface area contributed by atoms with Gasteiger partial charge in [-0.25, -0.2) is 13.1 Å². The summed E-state index contributed by atoms with van der Waals surface area (Å²) in [5.41, 5.74) is 1.23. The summed E-state index contributed by atoms with van der Waals surface area (Å²) in [6.07, 6.45) is 0. The Labute approximate surface area is 220 Å². The number of methoxy groups -OCH3 is 2. The Hall–Kier alpha value is -4.10. The van der Waals surface area contributed by atoms with E-state index in [1.165, 1.54) is 10.6 Å². The van der Waals surface area contributed by atoms with Crippen LogP contribution in [0.4, 0.5) is 0 Å². The fourth-order valence-corrected chi connectivity index (χ4v) is 4.81. The second-order valence-electron chi connectivity index (χ2n) is 7.76. The van der Waals surface area contributed by atoms with E-state index >= 15 is 0 Å². The fraction of sp³-hybridized carbons (Fsp3) is 0.320. The van der Waals surface area contributed by atoms with Crippen LogP contribution in [0.2, 0.25) is 0 Å². The number of fused-ring (bicyclic) bond motifs is 1. The lowest BCUT2D eigenvalue weighted by molar-refractivity contribution is 0.305. The van der Waals surface area contributed by atoms with Crippen LogP contribution in [0.15, 0.2) is 53.4 Å². The highest BCUT2D eigenvalue weighted by Crippen LogP contribution is 2.32. The summed E-state index contributed by atoms with van der Waals surface area (Å²) in [7, 11) is -0.780. The van der Waals surface area contributed by atoms with E-state index in [0.29, 0.717) is 47.5 Å². The minimum absolute atomic E-state index is 0.00279. The van der Waals surface area contributed by atoms with E-state index in [-0.39, 0.29) is 29.7 Å². The first kappa shape index (κ1) is 26.9. The van der Waals surface area contributed by atoms with E-state index in [1.54, 1.807) is 57.5 Å². The number of benzene rings is 2. The molecule has 202 valence electrons. The molecule has 0 radical (unpaired) electrons. The van der Waals surface area contributed by atoms with Crippen molar-refractivity contribution in [3.63, 3.8) is 0 Å². The zero-order chi connectivity index (χ0) is 27.1. The van der Waals surface area contributed by atoms with Gasteiger partial charge in [0, 0.05) is 24.2 Å². The molecule has 4 rings (SSSR count). The molecule has 0 aliphatic rings. The van der Waals surface area contributed by atoms with E-state index in [1.807, 2.05) is 13.0 Å². The molecule has 0 aliphatic heterocycles. The lowest BCUT2D eigenvalue weighted by Gasteiger charge is -2.14. The highest BCUT2D eigenvalue weighted by atomic mass is 32.2. The smallest absolute Gasteiger partial charge is 0.244 e. The van der Waals surface area contributed by atoms with Crippen molar-refractivity contribution in [1.82, 2.24) is 24.5 Å². The molecule has 0 bridgehead atoms. The summed E-state index contributed by atoms with van der Waals surface area (Å²) in [4.78, 5) is -0.00565. The Morgan fingerprint density at radius 3 is 2.34 bits per heavy atom. The van der Waals surface area contributed by atoms with Gasteiger partial charge in [-0.05, 0) is 50.2 Å². The van der Waals surface area contributed by atoms with E-state index in [2.05, 4.69) is 20.0 Å². The molecule has 38 heavy (non-hydrogen) atoms. The molecule has 0 saturated carbocycles. The van der Waals surface area contributed by atoms with Crippen molar-refractivity contribution in [2.75, 3.05) is 40.6 Å². The Bertz CT molecular complexity index is 1510. The van der Waals surface area contributed by atoms with Crippen molar-refractivity contribution in [3.05, 3.63) is 48.5 Å². The maximum absolute atomic E-state index is 13.0. The van der Waals surface area contributed by atoms with Crippen molar-refractivity contribution >= 4 is 15.7 Å². The molecule has 0 aliphatic carbocycles. The second-order valence-corrected chi connectivity index (χ2v) is 9.49. The largest absolute Gasteiger partial charge is 0.494 e. The van der Waals surface area contributed by atoms with Gasteiger partial charge in [-0.3, -0.25) is 0 Å². The number of ether oxygens (including phenoxy) is 5. The van der Waals surface area contributed by atoms with Crippen LogP contribution in [0.1, 0.15) is 13.8 Å². The first-order chi connectivity index (χ1) is 18.4. The summed E-state index contributed by atoms with van der Waals surface area (Å²) in [5.74, 6) is 2.55. The molecule has 2 aromatic carbocycles. The first-order valence-electron chi connectivity index (χ1n) is 11.9. The van der Waals surface area contributed by atoms with E-state index in [0.717, 1.165) is 0 Å². The Kier molecular flexibility index (Phi) is 8.48. The number of nitrogens with zero attached hydrogens (tertiary/aromatic N) is 4. The van der Waals surface area contributed by atoms with Crippen molar-refractivity contribution < 1.29 is 32.1 Å². The summed E-state index contributed by atoms with van der Waals surface area (Å²) in [6.45, 7) is 4.36. The number of rotatable bonds is 13. The summed E-state index contributed by atoms with van der Waals surface area (Å²) < 4.78 is 57.3. The second kappa shape index (κ2) is 12.0. The molecule has 4 aromatic rings. The van der Waals surface area contributed by atoms with E-state index in [4.69, 9.17) is 23.7 Å². The zero-order valence-corrected chi connectivity index (χ0v) is 22.3. The third-order valence-electron chi connectivity index (χ3n) is 5.34. The lowest BCUT2D eigenvalue weighted by Crippen LogP contribution is -2.29. The van der Waals surface area contributed by atoms with Crippen LogP contribution in [-0.4, -0.2) is 68.8 Å². The number of nitrogens with one attached hydrogen (secondary N) is 1. The third kappa shape index (κ3) is 5.89. The van der Waals surface area contributed by atoms with Crippen LogP contribution in [0.3, 0.4) is 0 Å². The van der Waals surface area contributed by atoms with Gasteiger partial charge in [0.25, 0.3) is 0 Å². The SMILES string of the molecule is CCOc1ccc(OCC)c(S(=O)(=O)NCCOc2ccc3nnc(-c4ccc(OC)c(OC)c4)n3n2)c1. The topological polar surface area (TPSA) is 135 Å². The lowest BCUT2D eigenvalue weighted by atomic mass is 10.2. The molecule has 0 saturated heterocycles. The molecule has 13 heteroatoms. The highest BCUT2D eigenvalue weighted by molar-refractivity contribution is 7.89. The van der Waals surface area contributed by atoms with Gasteiger partial charge < -0.3 is 23.7 Å². The van der Waals surface area contributed by atoms with Crippen LogP contribution in [-0.2, 0) is 10.0 Å². The Morgan fingerprint density at radius 1 is 0.842 bits per heavy atom. The number of aromatic nitrogens is 4. The van der Waals surface area contributed by atoms with Gasteiger partial charge in [0.1, 0.15) is 23.0 Å². The molecular formula is C25H29N5O7S. The molecule has 0 atom stereocenters. The van der Waals surface area contributed by atoms with Crippen LogP contribution in [0.25, 0.3) is 17.0 Å².